The van der Waals surface area contributed by atoms with Crippen LogP contribution in [0.4, 0.5) is 0 Å². The first-order valence-electron chi connectivity index (χ1n) is 6.49. The molecule has 1 rings (SSSR count). The number of rotatable bonds is 6. The van der Waals surface area contributed by atoms with Crippen molar-refractivity contribution in [1.82, 2.24) is 14.7 Å². The summed E-state index contributed by atoms with van der Waals surface area (Å²) in [4.78, 5) is 60.6. The zero-order valence-electron chi connectivity index (χ0n) is 11.7. The van der Waals surface area contributed by atoms with E-state index in [0.717, 1.165) is 0 Å². The molecule has 1 fully saturated rings. The molecule has 0 aliphatic carbocycles. The van der Waals surface area contributed by atoms with Gasteiger partial charge in [-0.05, 0) is 0 Å². The average molecular weight is 363 g/mol. The number of nitrogens with zero attached hydrogens (tertiary/aromatic N) is 3. The van der Waals surface area contributed by atoms with E-state index in [4.69, 9.17) is 29.4 Å². The second kappa shape index (κ2) is 10.7. The summed E-state index contributed by atoms with van der Waals surface area (Å²) in [5.41, 5.74) is 0. The predicted molar refractivity (Wildman–Crippen MR) is 83.4 cm³/mol. The molecule has 0 amide bonds. The fourth-order valence-corrected chi connectivity index (χ4v) is 4.07. The van der Waals surface area contributed by atoms with Gasteiger partial charge < -0.3 is 29.4 Å². The fourth-order valence-electron chi connectivity index (χ4n) is 2.14. The zero-order chi connectivity index (χ0) is 15.8. The SMILES string of the molecule is OP(O)CN1CCN(CP(O)O)CCN(CP(O)O)CC1. The van der Waals surface area contributed by atoms with Crippen LogP contribution < -0.4 is 0 Å². The highest BCUT2D eigenvalue weighted by Crippen LogP contribution is 2.27. The molecule has 21 heavy (non-hydrogen) atoms. The molecule has 1 aliphatic heterocycles. The lowest BCUT2D eigenvalue weighted by atomic mass is 10.5. The topological polar surface area (TPSA) is 131 Å². The Kier molecular flexibility index (Phi) is 10.1. The van der Waals surface area contributed by atoms with E-state index in [-0.39, 0.29) is 18.9 Å². The smallest absolute Gasteiger partial charge is 0.180 e. The van der Waals surface area contributed by atoms with Gasteiger partial charge in [0.15, 0.2) is 25.1 Å². The highest BCUT2D eigenvalue weighted by atomic mass is 31.2. The minimum atomic E-state index is -2.02. The highest BCUT2D eigenvalue weighted by Gasteiger charge is 2.20. The molecule has 1 saturated heterocycles. The molecule has 0 aromatic carbocycles. The lowest BCUT2D eigenvalue weighted by Gasteiger charge is -2.25. The molecule has 0 radical (unpaired) electrons. The van der Waals surface area contributed by atoms with E-state index in [1.165, 1.54) is 0 Å². The van der Waals surface area contributed by atoms with Crippen LogP contribution in [0.3, 0.4) is 0 Å². The van der Waals surface area contributed by atoms with Crippen LogP contribution in [0, 0.1) is 0 Å². The molecule has 6 N–H and O–H groups in total. The average Bonchev–Trinajstić information content (AvgIpc) is 2.42. The van der Waals surface area contributed by atoms with Gasteiger partial charge in [-0.1, -0.05) is 0 Å². The molecule has 12 heteroatoms. The van der Waals surface area contributed by atoms with Crippen molar-refractivity contribution < 1.29 is 29.4 Å². The Balaban J connectivity index is 2.62. The zero-order valence-corrected chi connectivity index (χ0v) is 14.4. The first-order valence-corrected chi connectivity index (χ1v) is 10.8. The second-order valence-corrected chi connectivity index (χ2v) is 7.98. The van der Waals surface area contributed by atoms with E-state index in [1.54, 1.807) is 0 Å². The standard InChI is InChI=1S/C9H24N3O6P3/c13-19(14)7-10-1-2-11(8-20(15)16)5-6-12(4-3-10)9-21(17)18/h13-18H,1-9H2. The van der Waals surface area contributed by atoms with Crippen molar-refractivity contribution in [3.8, 4) is 0 Å². The molecule has 0 aromatic rings. The van der Waals surface area contributed by atoms with Crippen molar-refractivity contribution in [3.05, 3.63) is 0 Å². The summed E-state index contributed by atoms with van der Waals surface area (Å²) in [6.45, 7) is 3.61. The molecule has 0 atom stereocenters. The largest absolute Gasteiger partial charge is 0.349 e. The van der Waals surface area contributed by atoms with Crippen molar-refractivity contribution in [2.24, 2.45) is 0 Å². The first-order chi connectivity index (χ1) is 9.86. The Morgan fingerprint density at radius 1 is 0.476 bits per heavy atom. The van der Waals surface area contributed by atoms with Crippen LogP contribution in [0.25, 0.3) is 0 Å². The van der Waals surface area contributed by atoms with Gasteiger partial charge in [-0.15, -0.1) is 0 Å². The van der Waals surface area contributed by atoms with Crippen molar-refractivity contribution >= 4 is 25.1 Å². The third-order valence-corrected chi connectivity index (χ3v) is 5.14. The Morgan fingerprint density at radius 2 is 0.667 bits per heavy atom. The normalized spacial score (nSPS) is 21.0. The van der Waals surface area contributed by atoms with E-state index < -0.39 is 25.1 Å². The van der Waals surface area contributed by atoms with Crippen LogP contribution in [0.2, 0.25) is 0 Å². The van der Waals surface area contributed by atoms with Gasteiger partial charge >= 0.3 is 0 Å². The quantitative estimate of drug-likeness (QED) is 0.318. The van der Waals surface area contributed by atoms with Crippen LogP contribution in [0.5, 0.6) is 0 Å². The number of hydrogen-bond acceptors (Lipinski definition) is 9. The molecule has 126 valence electrons. The van der Waals surface area contributed by atoms with Crippen molar-refractivity contribution in [1.29, 1.82) is 0 Å². The number of hydrogen-bond donors (Lipinski definition) is 6. The van der Waals surface area contributed by atoms with E-state index in [9.17, 15) is 0 Å². The van der Waals surface area contributed by atoms with Gasteiger partial charge in [-0.2, -0.15) is 0 Å². The van der Waals surface area contributed by atoms with Gasteiger partial charge in [-0.3, -0.25) is 14.7 Å². The van der Waals surface area contributed by atoms with Crippen LogP contribution in [0.1, 0.15) is 0 Å². The molecule has 1 aliphatic rings. The van der Waals surface area contributed by atoms with Gasteiger partial charge in [0.05, 0.1) is 18.9 Å². The minimum absolute atomic E-state index is 0.178. The summed E-state index contributed by atoms with van der Waals surface area (Å²) in [5.74, 6) is 0. The monoisotopic (exact) mass is 363 g/mol. The van der Waals surface area contributed by atoms with Gasteiger partial charge in [-0.25, -0.2) is 0 Å². The summed E-state index contributed by atoms with van der Waals surface area (Å²) in [6, 6.07) is 0. The van der Waals surface area contributed by atoms with Crippen LogP contribution in [0.15, 0.2) is 0 Å². The summed E-state index contributed by atoms with van der Waals surface area (Å²) in [6.07, 6.45) is 0.533. The van der Waals surface area contributed by atoms with Gasteiger partial charge in [0, 0.05) is 39.3 Å². The Bertz CT molecular complexity index is 235. The van der Waals surface area contributed by atoms with Gasteiger partial charge in [0.25, 0.3) is 0 Å². The van der Waals surface area contributed by atoms with E-state index in [2.05, 4.69) is 0 Å². The predicted octanol–water partition coefficient (Wildman–Crippen LogP) is -1.33. The van der Waals surface area contributed by atoms with Crippen molar-refractivity contribution in [2.45, 2.75) is 0 Å². The third kappa shape index (κ3) is 9.61. The maximum absolute atomic E-state index is 9.16. The second-order valence-electron chi connectivity index (χ2n) is 4.90. The Hall–Kier alpha value is 0.930. The molecule has 0 saturated carbocycles. The molecule has 0 bridgehead atoms. The van der Waals surface area contributed by atoms with Crippen molar-refractivity contribution in [3.63, 3.8) is 0 Å². The van der Waals surface area contributed by atoms with E-state index >= 15 is 0 Å². The Morgan fingerprint density at radius 3 is 0.810 bits per heavy atom. The lowest BCUT2D eigenvalue weighted by molar-refractivity contribution is 0.247. The summed E-state index contributed by atoms with van der Waals surface area (Å²) >= 11 is 0. The van der Waals surface area contributed by atoms with E-state index in [0.29, 0.717) is 39.3 Å². The molecular weight excluding hydrogens is 339 g/mol. The Labute approximate surface area is 128 Å². The molecule has 9 nitrogen and oxygen atoms in total. The molecular formula is C9H24N3O6P3. The highest BCUT2D eigenvalue weighted by molar-refractivity contribution is 7.45. The van der Waals surface area contributed by atoms with Crippen LogP contribution >= 0.6 is 25.1 Å². The van der Waals surface area contributed by atoms with Crippen LogP contribution in [-0.2, 0) is 0 Å². The summed E-state index contributed by atoms with van der Waals surface area (Å²) in [7, 11) is -6.05. The van der Waals surface area contributed by atoms with E-state index in [1.807, 2.05) is 14.7 Å². The third-order valence-electron chi connectivity index (χ3n) is 3.18. The fraction of sp³-hybridized carbons (Fsp3) is 1.00. The first kappa shape index (κ1) is 20.0. The summed E-state index contributed by atoms with van der Waals surface area (Å²) < 4.78 is 0. The molecule has 0 spiro atoms. The molecule has 0 aromatic heterocycles. The van der Waals surface area contributed by atoms with Gasteiger partial charge in [0.1, 0.15) is 0 Å². The van der Waals surface area contributed by atoms with Crippen LogP contribution in [-0.4, -0.2) is 102 Å². The lowest BCUT2D eigenvalue weighted by Crippen LogP contribution is -2.36. The van der Waals surface area contributed by atoms with Gasteiger partial charge in [0.2, 0.25) is 0 Å². The molecule has 1 heterocycles. The molecule has 0 unspecified atom stereocenters. The minimum Gasteiger partial charge on any atom is -0.349 e. The maximum atomic E-state index is 9.16. The summed E-state index contributed by atoms with van der Waals surface area (Å²) in [5, 5.41) is 0. The van der Waals surface area contributed by atoms with Crippen molar-refractivity contribution in [2.75, 3.05) is 58.1 Å². The maximum Gasteiger partial charge on any atom is 0.180 e.